The van der Waals surface area contributed by atoms with Crippen molar-refractivity contribution in [3.63, 3.8) is 0 Å². The van der Waals surface area contributed by atoms with E-state index in [1.165, 1.54) is 35.0 Å². The molecule has 2 aromatic heterocycles. The molecule has 0 bridgehead atoms. The number of halogens is 2. The maximum absolute atomic E-state index is 15.0. The molecule has 2 aliphatic rings. The lowest BCUT2D eigenvalue weighted by Gasteiger charge is -2.35. The summed E-state index contributed by atoms with van der Waals surface area (Å²) in [6.07, 6.45) is 2.17. The van der Waals surface area contributed by atoms with Crippen molar-refractivity contribution in [3.05, 3.63) is 89.8 Å². The van der Waals surface area contributed by atoms with Gasteiger partial charge >= 0.3 is 5.97 Å². The van der Waals surface area contributed by atoms with Gasteiger partial charge in [0.25, 0.3) is 12.3 Å². The Balaban J connectivity index is 1.42. The molecule has 2 aromatic carbocycles. The number of hydrazine groups is 1. The Morgan fingerprint density at radius 1 is 1.04 bits per heavy atom. The van der Waals surface area contributed by atoms with Crippen molar-refractivity contribution in [2.75, 3.05) is 46.9 Å². The minimum absolute atomic E-state index is 0.115. The fourth-order valence-corrected chi connectivity index (χ4v) is 9.83. The minimum atomic E-state index is -2.85. The van der Waals surface area contributed by atoms with Gasteiger partial charge in [-0.1, -0.05) is 52.5 Å². The van der Waals surface area contributed by atoms with Gasteiger partial charge in [-0.25, -0.2) is 14.2 Å². The van der Waals surface area contributed by atoms with E-state index >= 15 is 0 Å². The van der Waals surface area contributed by atoms with Crippen LogP contribution in [-0.2, 0) is 52.8 Å². The van der Waals surface area contributed by atoms with E-state index in [2.05, 4.69) is 28.8 Å². The van der Waals surface area contributed by atoms with Crippen LogP contribution in [0.5, 0.6) is 0 Å². The second kappa shape index (κ2) is 22.6. The Morgan fingerprint density at radius 3 is 2.43 bits per heavy atom. The number of esters is 1. The minimum Gasteiger partial charge on any atom is -0.465 e. The first kappa shape index (κ1) is 52.4. The van der Waals surface area contributed by atoms with Crippen molar-refractivity contribution in [2.45, 2.75) is 112 Å². The lowest BCUT2D eigenvalue weighted by Crippen LogP contribution is -2.59. The standard InChI is InChI=1S/C53H69F2N7O7/c1-11-45(64)60-23-19-37(30-60)51(66)59(9)47(32(3)4)50(65)58-43(52(67)62-22-14-13-21-57-62)26-35-24-38(27-39(25-35)49(54)55)36-17-18-44-41(28-36)42(29-53(7,8)31-69-34(6)63)48(61(44)12-2)40-16-15-20-56-46(40)33(5)68-10/h11,15-18,20,24-25,27-28,32-33,37,43,47,49,57H,1,12-14,19,21-23,26,29-31H2,2-10H3,(H,58,65). The number of likely N-dealkylation sites (N-methyl/N-ethyl adjacent to an activating group) is 1. The van der Waals surface area contributed by atoms with Crippen LogP contribution in [0.3, 0.4) is 0 Å². The van der Waals surface area contributed by atoms with E-state index in [1.54, 1.807) is 31.3 Å². The molecule has 69 heavy (non-hydrogen) atoms. The van der Waals surface area contributed by atoms with Crippen molar-refractivity contribution >= 4 is 40.5 Å². The van der Waals surface area contributed by atoms with Crippen molar-refractivity contribution in [1.29, 1.82) is 0 Å². The molecule has 4 atom stereocenters. The Labute approximate surface area is 404 Å². The molecule has 4 aromatic rings. The van der Waals surface area contributed by atoms with Crippen LogP contribution in [0.15, 0.2) is 67.4 Å². The van der Waals surface area contributed by atoms with Crippen molar-refractivity contribution in [3.8, 4) is 22.4 Å². The summed E-state index contributed by atoms with van der Waals surface area (Å²) in [4.78, 5) is 74.8. The molecule has 372 valence electrons. The van der Waals surface area contributed by atoms with Crippen molar-refractivity contribution < 1.29 is 42.2 Å². The summed E-state index contributed by atoms with van der Waals surface area (Å²) < 4.78 is 43.5. The van der Waals surface area contributed by atoms with Gasteiger partial charge in [0.1, 0.15) is 12.1 Å². The second-order valence-electron chi connectivity index (χ2n) is 19.5. The molecule has 0 spiro atoms. The Kier molecular flexibility index (Phi) is 17.2. The number of fused-ring (bicyclic) bond motifs is 1. The fraction of sp³-hybridized carbons (Fsp3) is 0.509. The van der Waals surface area contributed by atoms with E-state index < -0.39 is 41.7 Å². The highest BCUT2D eigenvalue weighted by atomic mass is 19.3. The lowest BCUT2D eigenvalue weighted by molar-refractivity contribution is -0.146. The van der Waals surface area contributed by atoms with Gasteiger partial charge in [-0.3, -0.25) is 34.0 Å². The highest BCUT2D eigenvalue weighted by Gasteiger charge is 2.39. The molecule has 2 fully saturated rings. The van der Waals surface area contributed by atoms with Gasteiger partial charge in [-0.05, 0) is 104 Å². The first-order valence-corrected chi connectivity index (χ1v) is 24.0. The average Bonchev–Trinajstić information content (AvgIpc) is 3.95. The van der Waals surface area contributed by atoms with E-state index in [0.717, 1.165) is 46.3 Å². The first-order chi connectivity index (χ1) is 32.8. The largest absolute Gasteiger partial charge is 0.465 e. The summed E-state index contributed by atoms with van der Waals surface area (Å²) >= 11 is 0. The number of nitrogens with zero attached hydrogens (tertiary/aromatic N) is 5. The van der Waals surface area contributed by atoms with Crippen LogP contribution in [-0.4, -0.2) is 113 Å². The number of carbonyl (C=O) groups excluding carboxylic acids is 5. The topological polar surface area (TPSA) is 155 Å². The Bertz CT molecular complexity index is 2530. The predicted molar refractivity (Wildman–Crippen MR) is 262 cm³/mol. The zero-order valence-corrected chi connectivity index (χ0v) is 41.6. The van der Waals surface area contributed by atoms with Gasteiger partial charge in [-0.15, -0.1) is 0 Å². The quantitative estimate of drug-likeness (QED) is 0.0707. The maximum Gasteiger partial charge on any atom is 0.302 e. The number of carbonyl (C=O) groups is 5. The number of ether oxygens (including phenoxy) is 2. The smallest absolute Gasteiger partial charge is 0.302 e. The van der Waals surface area contributed by atoms with Gasteiger partial charge in [0.05, 0.1) is 30.0 Å². The fourth-order valence-electron chi connectivity index (χ4n) is 9.83. The number of aromatic nitrogens is 2. The van der Waals surface area contributed by atoms with Gasteiger partial charge in [0.2, 0.25) is 17.7 Å². The number of hydrogen-bond donors (Lipinski definition) is 2. The Hall–Kier alpha value is -6.00. The third kappa shape index (κ3) is 12.1. The molecule has 2 N–H and O–H groups in total. The average molecular weight is 954 g/mol. The van der Waals surface area contributed by atoms with E-state index in [0.29, 0.717) is 55.7 Å². The zero-order valence-electron chi connectivity index (χ0n) is 41.6. The summed E-state index contributed by atoms with van der Waals surface area (Å²) in [7, 11) is 3.19. The maximum atomic E-state index is 15.0. The first-order valence-electron chi connectivity index (χ1n) is 24.0. The molecule has 0 aliphatic carbocycles. The Morgan fingerprint density at radius 2 is 1.80 bits per heavy atom. The number of nitrogens with one attached hydrogen (secondary N) is 2. The van der Waals surface area contributed by atoms with Crippen LogP contribution in [0, 0.1) is 17.3 Å². The third-order valence-electron chi connectivity index (χ3n) is 13.4. The van der Waals surface area contributed by atoms with Crippen molar-refractivity contribution in [2.24, 2.45) is 17.3 Å². The van der Waals surface area contributed by atoms with Crippen LogP contribution >= 0.6 is 0 Å². The molecule has 2 saturated heterocycles. The zero-order chi connectivity index (χ0) is 50.3. The van der Waals surface area contributed by atoms with Crippen LogP contribution in [0.1, 0.15) is 103 Å². The van der Waals surface area contributed by atoms with Gasteiger partial charge in [-0.2, -0.15) is 0 Å². The van der Waals surface area contributed by atoms with Crippen molar-refractivity contribution in [1.82, 2.24) is 35.1 Å². The number of likely N-dealkylation sites (tertiary alicyclic amines) is 1. The number of rotatable bonds is 19. The number of benzene rings is 2. The molecular formula is C53H69F2N7O7. The molecule has 4 unspecified atom stereocenters. The summed E-state index contributed by atoms with van der Waals surface area (Å²) in [5, 5.41) is 5.32. The summed E-state index contributed by atoms with van der Waals surface area (Å²) in [6, 6.07) is 12.3. The van der Waals surface area contributed by atoms with Crippen LogP contribution in [0.25, 0.3) is 33.3 Å². The van der Waals surface area contributed by atoms with Crippen LogP contribution in [0.4, 0.5) is 8.78 Å². The molecule has 2 aliphatic heterocycles. The molecule has 0 radical (unpaired) electrons. The normalized spacial score (nSPS) is 16.7. The lowest BCUT2D eigenvalue weighted by atomic mass is 9.84. The van der Waals surface area contributed by atoms with Gasteiger partial charge in [0, 0.05) is 93.9 Å². The number of hydrogen-bond acceptors (Lipinski definition) is 9. The number of amides is 4. The number of pyridine rings is 1. The molecule has 14 nitrogen and oxygen atoms in total. The molecule has 16 heteroatoms. The molecule has 4 amide bonds. The SMILES string of the molecule is C=CC(=O)N1CCC(C(=O)N(C)C(C(=O)NC(Cc2cc(-c3ccc4c(c3)c(CC(C)(C)COC(C)=O)c(-c3cccnc3C(C)OC)n4CC)cc(C(F)F)c2)C(=O)N2CCCCN2)C(C)C)C1. The van der Waals surface area contributed by atoms with Gasteiger partial charge in [0.15, 0.2) is 0 Å². The van der Waals surface area contributed by atoms with E-state index in [9.17, 15) is 32.8 Å². The predicted octanol–water partition coefficient (Wildman–Crippen LogP) is 7.84. The molecular weight excluding hydrogens is 885 g/mol. The second-order valence-corrected chi connectivity index (χ2v) is 19.5. The number of methoxy groups -OCH3 is 1. The van der Waals surface area contributed by atoms with Crippen LogP contribution in [0.2, 0.25) is 0 Å². The summed E-state index contributed by atoms with van der Waals surface area (Å²) in [6.45, 7) is 18.9. The molecule has 6 rings (SSSR count). The summed E-state index contributed by atoms with van der Waals surface area (Å²) in [5.74, 6) is -2.80. The molecule has 4 heterocycles. The molecule has 0 saturated carbocycles. The van der Waals surface area contributed by atoms with E-state index in [-0.39, 0.29) is 54.9 Å². The summed E-state index contributed by atoms with van der Waals surface area (Å²) in [5.41, 5.74) is 8.38. The van der Waals surface area contributed by atoms with Crippen LogP contribution < -0.4 is 10.7 Å². The highest BCUT2D eigenvalue weighted by molar-refractivity contribution is 5.96. The highest BCUT2D eigenvalue weighted by Crippen LogP contribution is 2.42. The number of aryl methyl sites for hydroxylation is 1. The van der Waals surface area contributed by atoms with E-state index in [4.69, 9.17) is 14.5 Å². The third-order valence-corrected chi connectivity index (χ3v) is 13.4. The van der Waals surface area contributed by atoms with Gasteiger partial charge < -0.3 is 29.2 Å². The number of alkyl halides is 2. The van der Waals surface area contributed by atoms with E-state index in [1.807, 2.05) is 65.0 Å². The monoisotopic (exact) mass is 954 g/mol.